The molecule has 0 aliphatic heterocycles. The molecular formula is C17H23Cl2N3O. The van der Waals surface area contributed by atoms with E-state index in [1.807, 2.05) is 61.5 Å². The second kappa shape index (κ2) is 8.77. The Morgan fingerprint density at radius 1 is 1.00 bits per heavy atom. The summed E-state index contributed by atoms with van der Waals surface area (Å²) in [5.41, 5.74) is 13.3. The number of amides is 1. The summed E-state index contributed by atoms with van der Waals surface area (Å²) in [5, 5.41) is 3.31. The predicted octanol–water partition coefficient (Wildman–Crippen LogP) is 3.58. The minimum atomic E-state index is -1.06. The minimum absolute atomic E-state index is 0. The summed E-state index contributed by atoms with van der Waals surface area (Å²) in [6.07, 6.45) is 0. The van der Waals surface area contributed by atoms with Crippen LogP contribution in [-0.2, 0) is 4.79 Å². The van der Waals surface area contributed by atoms with E-state index in [2.05, 4.69) is 5.32 Å². The van der Waals surface area contributed by atoms with Gasteiger partial charge in [-0.05, 0) is 36.8 Å². The second-order valence-electron chi connectivity index (χ2n) is 5.48. The number of primary amides is 1. The number of carbonyl (C=O) groups is 1. The van der Waals surface area contributed by atoms with Crippen molar-refractivity contribution in [1.82, 2.24) is 0 Å². The van der Waals surface area contributed by atoms with Crippen molar-refractivity contribution in [2.24, 2.45) is 11.5 Å². The zero-order chi connectivity index (χ0) is 15.5. The van der Waals surface area contributed by atoms with Crippen molar-refractivity contribution >= 4 is 42.1 Å². The van der Waals surface area contributed by atoms with E-state index in [1.54, 1.807) is 6.92 Å². The lowest BCUT2D eigenvalue weighted by Gasteiger charge is -2.28. The molecule has 2 unspecified atom stereocenters. The van der Waals surface area contributed by atoms with Gasteiger partial charge >= 0.3 is 0 Å². The summed E-state index contributed by atoms with van der Waals surface area (Å²) in [6, 6.07) is 17.8. The van der Waals surface area contributed by atoms with Crippen LogP contribution in [0.4, 0.5) is 11.4 Å². The summed E-state index contributed by atoms with van der Waals surface area (Å²) >= 11 is 0. The van der Waals surface area contributed by atoms with Crippen LogP contribution in [0.2, 0.25) is 0 Å². The SMILES string of the molecule is CC(c1ccc(Nc2ccccc2)cc1)C(C)(N)C(N)=O.Cl.Cl. The molecule has 0 bridgehead atoms. The average Bonchev–Trinajstić information content (AvgIpc) is 2.48. The Morgan fingerprint density at radius 2 is 1.48 bits per heavy atom. The first-order valence-electron chi connectivity index (χ1n) is 6.92. The highest BCUT2D eigenvalue weighted by molar-refractivity contribution is 5.86. The second-order valence-corrected chi connectivity index (χ2v) is 5.48. The summed E-state index contributed by atoms with van der Waals surface area (Å²) in [5.74, 6) is -0.651. The molecule has 0 saturated carbocycles. The van der Waals surface area contributed by atoms with E-state index in [0.29, 0.717) is 0 Å². The van der Waals surface area contributed by atoms with Gasteiger partial charge in [0.1, 0.15) is 0 Å². The lowest BCUT2D eigenvalue weighted by Crippen LogP contribution is -2.53. The van der Waals surface area contributed by atoms with E-state index < -0.39 is 11.4 Å². The molecule has 2 rings (SSSR count). The number of carbonyl (C=O) groups excluding carboxylic acids is 1. The summed E-state index contributed by atoms with van der Waals surface area (Å²) in [6.45, 7) is 3.57. The fourth-order valence-electron chi connectivity index (χ4n) is 2.10. The molecule has 6 heteroatoms. The molecule has 23 heavy (non-hydrogen) atoms. The van der Waals surface area contributed by atoms with E-state index in [1.165, 1.54) is 0 Å². The van der Waals surface area contributed by atoms with Crippen LogP contribution in [-0.4, -0.2) is 11.4 Å². The van der Waals surface area contributed by atoms with E-state index in [-0.39, 0.29) is 30.7 Å². The molecule has 5 N–H and O–H groups in total. The molecule has 0 heterocycles. The normalized spacial score (nSPS) is 13.7. The Labute approximate surface area is 149 Å². The number of para-hydroxylation sites is 1. The fraction of sp³-hybridized carbons (Fsp3) is 0.235. The van der Waals surface area contributed by atoms with Crippen molar-refractivity contribution < 1.29 is 4.79 Å². The molecule has 0 saturated heterocycles. The van der Waals surface area contributed by atoms with E-state index >= 15 is 0 Å². The summed E-state index contributed by atoms with van der Waals surface area (Å²) in [7, 11) is 0. The molecule has 126 valence electrons. The van der Waals surface area contributed by atoms with Crippen molar-refractivity contribution in [2.75, 3.05) is 5.32 Å². The lowest BCUT2D eigenvalue weighted by atomic mass is 9.82. The van der Waals surface area contributed by atoms with E-state index in [0.717, 1.165) is 16.9 Å². The summed E-state index contributed by atoms with van der Waals surface area (Å²) in [4.78, 5) is 11.4. The molecule has 2 atom stereocenters. The molecule has 0 fully saturated rings. The predicted molar refractivity (Wildman–Crippen MR) is 101 cm³/mol. The number of rotatable bonds is 5. The maximum atomic E-state index is 11.4. The topological polar surface area (TPSA) is 81.1 Å². The van der Waals surface area contributed by atoms with Crippen molar-refractivity contribution in [3.05, 3.63) is 60.2 Å². The number of anilines is 2. The standard InChI is InChI=1S/C17H21N3O.2ClH/c1-12(17(2,19)16(18)21)13-8-10-15(11-9-13)20-14-6-4-3-5-7-14;;/h3-12,20H,19H2,1-2H3,(H2,18,21);2*1H. The van der Waals surface area contributed by atoms with Gasteiger partial charge in [0.15, 0.2) is 0 Å². The van der Waals surface area contributed by atoms with Crippen LogP contribution in [0, 0.1) is 0 Å². The van der Waals surface area contributed by atoms with Crippen LogP contribution in [0.5, 0.6) is 0 Å². The van der Waals surface area contributed by atoms with E-state index in [9.17, 15) is 4.79 Å². The van der Waals surface area contributed by atoms with Crippen LogP contribution in [0.1, 0.15) is 25.3 Å². The number of benzene rings is 2. The largest absolute Gasteiger partial charge is 0.368 e. The van der Waals surface area contributed by atoms with Crippen LogP contribution in [0.3, 0.4) is 0 Å². The first-order chi connectivity index (χ1) is 9.91. The molecule has 2 aromatic rings. The maximum absolute atomic E-state index is 11.4. The molecule has 0 aromatic heterocycles. The Morgan fingerprint density at radius 3 is 1.96 bits per heavy atom. The molecular weight excluding hydrogens is 333 g/mol. The third-order valence-electron chi connectivity index (χ3n) is 3.90. The molecule has 4 nitrogen and oxygen atoms in total. The summed E-state index contributed by atoms with van der Waals surface area (Å²) < 4.78 is 0. The van der Waals surface area contributed by atoms with Gasteiger partial charge in [-0.1, -0.05) is 37.3 Å². The van der Waals surface area contributed by atoms with Crippen LogP contribution in [0.15, 0.2) is 54.6 Å². The van der Waals surface area contributed by atoms with Crippen LogP contribution in [0.25, 0.3) is 0 Å². The number of halogens is 2. The molecule has 0 aliphatic carbocycles. The highest BCUT2D eigenvalue weighted by atomic mass is 35.5. The third kappa shape index (κ3) is 5.13. The molecule has 1 amide bonds. The number of nitrogens with one attached hydrogen (secondary N) is 1. The van der Waals surface area contributed by atoms with Gasteiger partial charge in [0.05, 0.1) is 5.54 Å². The van der Waals surface area contributed by atoms with Gasteiger partial charge in [0.2, 0.25) is 5.91 Å². The van der Waals surface area contributed by atoms with Gasteiger partial charge in [-0.2, -0.15) is 0 Å². The van der Waals surface area contributed by atoms with E-state index in [4.69, 9.17) is 11.5 Å². The Kier molecular flexibility index (Phi) is 8.10. The highest BCUT2D eigenvalue weighted by Gasteiger charge is 2.33. The average molecular weight is 356 g/mol. The Bertz CT molecular complexity index is 615. The van der Waals surface area contributed by atoms with Gasteiger partial charge in [0, 0.05) is 17.3 Å². The molecule has 2 aromatic carbocycles. The van der Waals surface area contributed by atoms with Gasteiger partial charge in [0.25, 0.3) is 0 Å². The number of hydrogen-bond donors (Lipinski definition) is 3. The lowest BCUT2D eigenvalue weighted by molar-refractivity contribution is -0.123. The molecule has 0 aliphatic rings. The molecule has 0 radical (unpaired) electrons. The van der Waals surface area contributed by atoms with Crippen molar-refractivity contribution in [1.29, 1.82) is 0 Å². The van der Waals surface area contributed by atoms with Crippen molar-refractivity contribution in [2.45, 2.75) is 25.3 Å². The smallest absolute Gasteiger partial charge is 0.237 e. The maximum Gasteiger partial charge on any atom is 0.237 e. The van der Waals surface area contributed by atoms with Crippen molar-refractivity contribution in [3.8, 4) is 0 Å². The Balaban J connectivity index is 0.00000242. The quantitative estimate of drug-likeness (QED) is 0.766. The fourth-order valence-corrected chi connectivity index (χ4v) is 2.10. The zero-order valence-corrected chi connectivity index (χ0v) is 14.8. The highest BCUT2D eigenvalue weighted by Crippen LogP contribution is 2.27. The third-order valence-corrected chi connectivity index (χ3v) is 3.90. The zero-order valence-electron chi connectivity index (χ0n) is 13.2. The first kappa shape index (κ1) is 21.2. The van der Waals surface area contributed by atoms with Gasteiger partial charge in [-0.15, -0.1) is 24.8 Å². The van der Waals surface area contributed by atoms with Crippen LogP contribution < -0.4 is 16.8 Å². The number of nitrogens with two attached hydrogens (primary N) is 2. The minimum Gasteiger partial charge on any atom is -0.368 e. The van der Waals surface area contributed by atoms with Gasteiger partial charge in [-0.25, -0.2) is 0 Å². The Hall–Kier alpha value is -1.75. The first-order valence-corrected chi connectivity index (χ1v) is 6.92. The molecule has 0 spiro atoms. The number of hydrogen-bond acceptors (Lipinski definition) is 3. The van der Waals surface area contributed by atoms with Crippen LogP contribution >= 0.6 is 24.8 Å². The van der Waals surface area contributed by atoms with Crippen molar-refractivity contribution in [3.63, 3.8) is 0 Å². The van der Waals surface area contributed by atoms with Gasteiger partial charge < -0.3 is 16.8 Å². The van der Waals surface area contributed by atoms with Gasteiger partial charge in [-0.3, -0.25) is 4.79 Å². The monoisotopic (exact) mass is 355 g/mol.